The van der Waals surface area contributed by atoms with Crippen molar-refractivity contribution in [1.29, 1.82) is 0 Å². The molecule has 0 atom stereocenters. The van der Waals surface area contributed by atoms with E-state index in [4.69, 9.17) is 28.9 Å². The van der Waals surface area contributed by atoms with Crippen LogP contribution in [-0.2, 0) is 0 Å². The molecule has 3 nitrogen and oxygen atoms in total. The first-order valence-corrected chi connectivity index (χ1v) is 4.96. The van der Waals surface area contributed by atoms with Gasteiger partial charge < -0.3 is 5.73 Å². The number of benzene rings is 1. The molecule has 15 heavy (non-hydrogen) atoms. The maximum Gasteiger partial charge on any atom is 0.221 e. The van der Waals surface area contributed by atoms with Gasteiger partial charge in [-0.1, -0.05) is 35.3 Å². The Morgan fingerprint density at radius 2 is 2.00 bits per heavy atom. The number of nitrogens with two attached hydrogens (primary N) is 1. The number of nitrogen functional groups attached to an aromatic ring is 1. The summed E-state index contributed by atoms with van der Waals surface area (Å²) in [6, 6.07) is 7.30. The molecule has 1 aromatic heterocycles. The molecule has 0 bridgehead atoms. The monoisotopic (exact) mass is 239 g/mol. The fourth-order valence-corrected chi connectivity index (χ4v) is 1.66. The molecule has 0 aliphatic carbocycles. The highest BCUT2D eigenvalue weighted by atomic mass is 35.5. The summed E-state index contributed by atoms with van der Waals surface area (Å²) in [5, 5.41) is 0.963. The van der Waals surface area contributed by atoms with Crippen LogP contribution in [0.4, 0.5) is 5.95 Å². The second kappa shape index (κ2) is 4.04. The third-order valence-corrected chi connectivity index (χ3v) is 2.42. The summed E-state index contributed by atoms with van der Waals surface area (Å²) in [5.74, 6) is 0.158. The number of aromatic nitrogens is 2. The first-order chi connectivity index (χ1) is 7.16. The van der Waals surface area contributed by atoms with Crippen LogP contribution in [0, 0.1) is 0 Å². The lowest BCUT2D eigenvalue weighted by atomic mass is 10.1. The van der Waals surface area contributed by atoms with Gasteiger partial charge in [-0.3, -0.25) is 0 Å². The van der Waals surface area contributed by atoms with E-state index in [-0.39, 0.29) is 5.95 Å². The van der Waals surface area contributed by atoms with Crippen LogP contribution in [0.5, 0.6) is 0 Å². The van der Waals surface area contributed by atoms with Crippen molar-refractivity contribution in [1.82, 2.24) is 9.97 Å². The molecule has 0 radical (unpaired) electrons. The van der Waals surface area contributed by atoms with Crippen LogP contribution in [0.2, 0.25) is 10.2 Å². The first-order valence-electron chi connectivity index (χ1n) is 4.21. The van der Waals surface area contributed by atoms with Crippen LogP contribution >= 0.6 is 23.2 Å². The van der Waals surface area contributed by atoms with Gasteiger partial charge in [0.25, 0.3) is 0 Å². The molecule has 0 amide bonds. The highest BCUT2D eigenvalue weighted by molar-refractivity contribution is 6.32. The van der Waals surface area contributed by atoms with Crippen LogP contribution in [0.1, 0.15) is 0 Å². The average molecular weight is 240 g/mol. The Balaban J connectivity index is 2.54. The van der Waals surface area contributed by atoms with Crippen molar-refractivity contribution in [2.75, 3.05) is 5.73 Å². The topological polar surface area (TPSA) is 51.8 Å². The Morgan fingerprint density at radius 1 is 1.20 bits per heavy atom. The van der Waals surface area contributed by atoms with Crippen LogP contribution in [0.15, 0.2) is 30.5 Å². The molecule has 0 unspecified atom stereocenters. The van der Waals surface area contributed by atoms with Gasteiger partial charge >= 0.3 is 0 Å². The predicted molar refractivity (Wildman–Crippen MR) is 61.9 cm³/mol. The van der Waals surface area contributed by atoms with Gasteiger partial charge in [-0.05, 0) is 17.7 Å². The minimum Gasteiger partial charge on any atom is -0.368 e. The number of rotatable bonds is 1. The van der Waals surface area contributed by atoms with Gasteiger partial charge in [-0.25, -0.2) is 9.97 Å². The van der Waals surface area contributed by atoms with E-state index in [1.54, 1.807) is 18.3 Å². The van der Waals surface area contributed by atoms with Crippen LogP contribution < -0.4 is 5.73 Å². The van der Waals surface area contributed by atoms with E-state index < -0.39 is 0 Å². The van der Waals surface area contributed by atoms with Crippen molar-refractivity contribution in [2.45, 2.75) is 0 Å². The minimum atomic E-state index is 0.158. The van der Waals surface area contributed by atoms with Crippen molar-refractivity contribution in [3.63, 3.8) is 0 Å². The number of halogens is 2. The summed E-state index contributed by atoms with van der Waals surface area (Å²) >= 11 is 11.8. The Kier molecular flexibility index (Phi) is 2.75. The van der Waals surface area contributed by atoms with E-state index >= 15 is 0 Å². The lowest BCUT2D eigenvalue weighted by Crippen LogP contribution is -1.95. The zero-order valence-corrected chi connectivity index (χ0v) is 9.13. The molecule has 5 heteroatoms. The van der Waals surface area contributed by atoms with Gasteiger partial charge in [0.05, 0.1) is 0 Å². The van der Waals surface area contributed by atoms with Crippen molar-refractivity contribution < 1.29 is 0 Å². The molecule has 0 saturated carbocycles. The summed E-state index contributed by atoms with van der Waals surface area (Å²) in [7, 11) is 0. The highest BCUT2D eigenvalue weighted by Gasteiger charge is 2.06. The molecule has 0 aliphatic heterocycles. The zero-order chi connectivity index (χ0) is 10.8. The molecule has 1 heterocycles. The standard InChI is InChI=1S/C10H7Cl2N3/c11-7-3-1-2-6(4-7)8-5-14-10(13)15-9(8)12/h1-5H,(H2,13,14,15). The smallest absolute Gasteiger partial charge is 0.221 e. The van der Waals surface area contributed by atoms with Gasteiger partial charge in [0.1, 0.15) is 5.15 Å². The van der Waals surface area contributed by atoms with E-state index in [1.807, 2.05) is 12.1 Å². The molecule has 0 fully saturated rings. The van der Waals surface area contributed by atoms with Crippen LogP contribution in [0.25, 0.3) is 11.1 Å². The van der Waals surface area contributed by atoms with Crippen LogP contribution in [-0.4, -0.2) is 9.97 Å². The van der Waals surface area contributed by atoms with E-state index in [2.05, 4.69) is 9.97 Å². The highest BCUT2D eigenvalue weighted by Crippen LogP contribution is 2.27. The fourth-order valence-electron chi connectivity index (χ4n) is 1.22. The first kappa shape index (κ1) is 10.2. The molecule has 0 aliphatic rings. The summed E-state index contributed by atoms with van der Waals surface area (Å²) < 4.78 is 0. The maximum atomic E-state index is 5.94. The Labute approximate surface area is 96.9 Å². The lowest BCUT2D eigenvalue weighted by molar-refractivity contribution is 1.19. The SMILES string of the molecule is Nc1ncc(-c2cccc(Cl)c2)c(Cl)n1. The average Bonchev–Trinajstić information content (AvgIpc) is 2.17. The summed E-state index contributed by atoms with van der Waals surface area (Å²) in [4.78, 5) is 7.75. The van der Waals surface area contributed by atoms with Gasteiger partial charge in [-0.2, -0.15) is 0 Å². The zero-order valence-electron chi connectivity index (χ0n) is 7.61. The largest absolute Gasteiger partial charge is 0.368 e. The molecule has 76 valence electrons. The van der Waals surface area contributed by atoms with Crippen LogP contribution in [0.3, 0.4) is 0 Å². The molecular formula is C10H7Cl2N3. The molecule has 1 aromatic carbocycles. The van der Waals surface area contributed by atoms with Gasteiger partial charge in [0.2, 0.25) is 5.95 Å². The van der Waals surface area contributed by atoms with E-state index in [0.29, 0.717) is 15.7 Å². The minimum absolute atomic E-state index is 0.158. The number of nitrogens with zero attached hydrogens (tertiary/aromatic N) is 2. The van der Waals surface area contributed by atoms with Gasteiger partial charge in [0, 0.05) is 16.8 Å². The van der Waals surface area contributed by atoms with Crippen molar-refractivity contribution in [2.24, 2.45) is 0 Å². The molecule has 0 saturated heterocycles. The van der Waals surface area contributed by atoms with E-state index in [0.717, 1.165) is 5.56 Å². The summed E-state index contributed by atoms with van der Waals surface area (Å²) in [5.41, 5.74) is 6.99. The van der Waals surface area contributed by atoms with Crippen molar-refractivity contribution >= 4 is 29.2 Å². The summed E-state index contributed by atoms with van der Waals surface area (Å²) in [6.45, 7) is 0. The second-order valence-corrected chi connectivity index (χ2v) is 3.74. The third kappa shape index (κ3) is 2.19. The quantitative estimate of drug-likeness (QED) is 0.779. The number of anilines is 1. The lowest BCUT2D eigenvalue weighted by Gasteiger charge is -2.03. The van der Waals surface area contributed by atoms with Crippen molar-refractivity contribution in [3.05, 3.63) is 40.6 Å². The Bertz CT molecular complexity index is 500. The van der Waals surface area contributed by atoms with Gasteiger partial charge in [0.15, 0.2) is 0 Å². The third-order valence-electron chi connectivity index (χ3n) is 1.90. The predicted octanol–water partition coefficient (Wildman–Crippen LogP) is 3.03. The van der Waals surface area contributed by atoms with Gasteiger partial charge in [-0.15, -0.1) is 0 Å². The molecule has 0 spiro atoms. The molecular weight excluding hydrogens is 233 g/mol. The Hall–Kier alpha value is -1.32. The molecule has 2 N–H and O–H groups in total. The number of hydrogen-bond acceptors (Lipinski definition) is 3. The second-order valence-electron chi connectivity index (χ2n) is 2.94. The molecule has 2 rings (SSSR count). The fraction of sp³-hybridized carbons (Fsp3) is 0. The normalized spacial score (nSPS) is 10.3. The van der Waals surface area contributed by atoms with Crippen molar-refractivity contribution in [3.8, 4) is 11.1 Å². The van der Waals surface area contributed by atoms with E-state index in [1.165, 1.54) is 0 Å². The molecule has 2 aromatic rings. The maximum absolute atomic E-state index is 5.94. The Morgan fingerprint density at radius 3 is 2.67 bits per heavy atom. The summed E-state index contributed by atoms with van der Waals surface area (Å²) in [6.07, 6.45) is 1.58. The van der Waals surface area contributed by atoms with E-state index in [9.17, 15) is 0 Å². The number of hydrogen-bond donors (Lipinski definition) is 1.